The molecule has 18 heavy (non-hydrogen) atoms. The fraction of sp³-hybridized carbons (Fsp3) is 0.0714. The van der Waals surface area contributed by atoms with Gasteiger partial charge in [-0.15, -0.1) is 11.3 Å². The van der Waals surface area contributed by atoms with E-state index in [4.69, 9.17) is 11.6 Å². The Bertz CT molecular complexity index is 736. The van der Waals surface area contributed by atoms with Crippen LogP contribution in [0.3, 0.4) is 0 Å². The average molecular weight is 278 g/mol. The van der Waals surface area contributed by atoms with E-state index in [2.05, 4.69) is 4.98 Å². The summed E-state index contributed by atoms with van der Waals surface area (Å²) in [4.78, 5) is 4.49. The van der Waals surface area contributed by atoms with Crippen LogP contribution in [0.4, 0.5) is 4.39 Å². The van der Waals surface area contributed by atoms with Crippen LogP contribution in [0.1, 0.15) is 5.56 Å². The summed E-state index contributed by atoms with van der Waals surface area (Å²) in [6.07, 6.45) is 0. The molecular formula is C14H9ClFNS. The summed E-state index contributed by atoms with van der Waals surface area (Å²) < 4.78 is 14.0. The summed E-state index contributed by atoms with van der Waals surface area (Å²) >= 11 is 7.57. The van der Waals surface area contributed by atoms with Crippen LogP contribution < -0.4 is 0 Å². The number of rotatable bonds is 1. The van der Waals surface area contributed by atoms with Gasteiger partial charge in [0.05, 0.1) is 10.2 Å². The molecule has 0 saturated heterocycles. The number of hydrogen-bond acceptors (Lipinski definition) is 2. The first-order valence-corrected chi connectivity index (χ1v) is 6.65. The van der Waals surface area contributed by atoms with E-state index in [0.29, 0.717) is 0 Å². The van der Waals surface area contributed by atoms with Gasteiger partial charge in [0, 0.05) is 10.6 Å². The highest BCUT2D eigenvalue weighted by Gasteiger charge is 2.08. The van der Waals surface area contributed by atoms with E-state index in [0.717, 1.165) is 31.4 Å². The highest BCUT2D eigenvalue weighted by atomic mass is 35.5. The topological polar surface area (TPSA) is 12.9 Å². The van der Waals surface area contributed by atoms with Gasteiger partial charge < -0.3 is 0 Å². The first-order valence-electron chi connectivity index (χ1n) is 5.46. The molecule has 3 rings (SSSR count). The van der Waals surface area contributed by atoms with E-state index >= 15 is 0 Å². The lowest BCUT2D eigenvalue weighted by atomic mass is 10.1. The molecule has 0 atom stereocenters. The molecule has 0 fully saturated rings. The average Bonchev–Trinajstić information content (AvgIpc) is 2.75. The Morgan fingerprint density at radius 1 is 1.17 bits per heavy atom. The summed E-state index contributed by atoms with van der Waals surface area (Å²) in [6.45, 7) is 1.96. The third-order valence-electron chi connectivity index (χ3n) is 2.77. The molecule has 0 amide bonds. The number of fused-ring (bicyclic) bond motifs is 1. The van der Waals surface area contributed by atoms with Gasteiger partial charge in [-0.25, -0.2) is 9.37 Å². The van der Waals surface area contributed by atoms with Crippen molar-refractivity contribution in [3.63, 3.8) is 0 Å². The standard InChI is InChI=1S/C14H9ClFNS/c1-8-2-3-9(6-11(8)15)14-17-12-5-4-10(16)7-13(12)18-14/h2-7H,1H3. The molecule has 0 unspecified atom stereocenters. The molecule has 1 nitrogen and oxygen atoms in total. The zero-order valence-corrected chi connectivity index (χ0v) is 11.1. The van der Waals surface area contributed by atoms with E-state index in [1.165, 1.54) is 23.5 Å². The smallest absolute Gasteiger partial charge is 0.124 e. The van der Waals surface area contributed by atoms with Crippen molar-refractivity contribution in [2.75, 3.05) is 0 Å². The summed E-state index contributed by atoms with van der Waals surface area (Å²) in [6, 6.07) is 10.5. The summed E-state index contributed by atoms with van der Waals surface area (Å²) in [7, 11) is 0. The zero-order chi connectivity index (χ0) is 12.7. The zero-order valence-electron chi connectivity index (χ0n) is 9.58. The third kappa shape index (κ3) is 2.00. The lowest BCUT2D eigenvalue weighted by molar-refractivity contribution is 0.630. The largest absolute Gasteiger partial charge is 0.236 e. The minimum Gasteiger partial charge on any atom is -0.236 e. The molecule has 0 aliphatic heterocycles. The number of benzene rings is 2. The lowest BCUT2D eigenvalue weighted by Crippen LogP contribution is -1.79. The van der Waals surface area contributed by atoms with Gasteiger partial charge in [0.1, 0.15) is 10.8 Å². The predicted molar refractivity (Wildman–Crippen MR) is 74.8 cm³/mol. The Morgan fingerprint density at radius 3 is 2.78 bits per heavy atom. The Labute approximate surface area is 113 Å². The summed E-state index contributed by atoms with van der Waals surface area (Å²) in [5.74, 6) is -0.236. The molecule has 2 aromatic carbocycles. The molecule has 0 aliphatic carbocycles. The van der Waals surface area contributed by atoms with Gasteiger partial charge in [-0.1, -0.05) is 23.7 Å². The molecule has 0 aliphatic rings. The first-order chi connectivity index (χ1) is 8.63. The van der Waals surface area contributed by atoms with Crippen LogP contribution in [0.15, 0.2) is 36.4 Å². The fourth-order valence-electron chi connectivity index (χ4n) is 1.75. The number of hydrogen-bond donors (Lipinski definition) is 0. The molecule has 0 N–H and O–H groups in total. The molecule has 90 valence electrons. The number of aryl methyl sites for hydroxylation is 1. The van der Waals surface area contributed by atoms with Crippen LogP contribution in [0.25, 0.3) is 20.8 Å². The minimum absolute atomic E-state index is 0.236. The lowest BCUT2D eigenvalue weighted by Gasteiger charge is -1.99. The molecule has 3 aromatic rings. The molecule has 1 heterocycles. The maximum atomic E-state index is 13.1. The molecule has 0 bridgehead atoms. The second-order valence-corrected chi connectivity index (χ2v) is 5.53. The van der Waals surface area contributed by atoms with E-state index in [-0.39, 0.29) is 5.82 Å². The SMILES string of the molecule is Cc1ccc(-c2nc3ccc(F)cc3s2)cc1Cl. The van der Waals surface area contributed by atoms with Crippen molar-refractivity contribution in [3.8, 4) is 10.6 Å². The molecule has 0 spiro atoms. The quantitative estimate of drug-likeness (QED) is 0.605. The van der Waals surface area contributed by atoms with Crippen molar-refractivity contribution in [3.05, 3.63) is 52.8 Å². The van der Waals surface area contributed by atoms with Crippen LogP contribution >= 0.6 is 22.9 Å². The van der Waals surface area contributed by atoms with Crippen LogP contribution in [0, 0.1) is 12.7 Å². The van der Waals surface area contributed by atoms with Crippen LogP contribution in [0.2, 0.25) is 5.02 Å². The minimum atomic E-state index is -0.236. The Balaban J connectivity index is 2.16. The number of halogens is 2. The van der Waals surface area contributed by atoms with Gasteiger partial charge in [0.25, 0.3) is 0 Å². The van der Waals surface area contributed by atoms with Gasteiger partial charge in [0.15, 0.2) is 0 Å². The first kappa shape index (κ1) is 11.6. The van der Waals surface area contributed by atoms with Gasteiger partial charge in [-0.3, -0.25) is 0 Å². The van der Waals surface area contributed by atoms with E-state index in [1.807, 2.05) is 25.1 Å². The highest BCUT2D eigenvalue weighted by molar-refractivity contribution is 7.21. The van der Waals surface area contributed by atoms with Crippen molar-refractivity contribution >= 4 is 33.2 Å². The number of thiazole rings is 1. The fourth-order valence-corrected chi connectivity index (χ4v) is 2.92. The van der Waals surface area contributed by atoms with Gasteiger partial charge in [-0.2, -0.15) is 0 Å². The van der Waals surface area contributed by atoms with Crippen molar-refractivity contribution in [1.82, 2.24) is 4.98 Å². The van der Waals surface area contributed by atoms with Crippen LogP contribution in [-0.4, -0.2) is 4.98 Å². The Hall–Kier alpha value is -1.45. The Morgan fingerprint density at radius 2 is 2.00 bits per heavy atom. The normalized spacial score (nSPS) is 11.1. The molecule has 1 aromatic heterocycles. The van der Waals surface area contributed by atoms with Crippen LogP contribution in [-0.2, 0) is 0 Å². The van der Waals surface area contributed by atoms with Crippen LogP contribution in [0.5, 0.6) is 0 Å². The van der Waals surface area contributed by atoms with Crippen molar-refractivity contribution < 1.29 is 4.39 Å². The Kier molecular flexibility index (Phi) is 2.80. The number of aromatic nitrogens is 1. The summed E-state index contributed by atoms with van der Waals surface area (Å²) in [5, 5.41) is 1.58. The number of nitrogens with zero attached hydrogens (tertiary/aromatic N) is 1. The van der Waals surface area contributed by atoms with Crippen molar-refractivity contribution in [2.24, 2.45) is 0 Å². The monoisotopic (exact) mass is 277 g/mol. The molecular weight excluding hydrogens is 269 g/mol. The molecule has 0 saturated carbocycles. The second kappa shape index (κ2) is 4.34. The highest BCUT2D eigenvalue weighted by Crippen LogP contribution is 2.32. The van der Waals surface area contributed by atoms with E-state index < -0.39 is 0 Å². The van der Waals surface area contributed by atoms with Gasteiger partial charge in [-0.05, 0) is 36.8 Å². The predicted octanol–water partition coefficient (Wildman–Crippen LogP) is 5.06. The maximum absolute atomic E-state index is 13.1. The van der Waals surface area contributed by atoms with Gasteiger partial charge >= 0.3 is 0 Å². The van der Waals surface area contributed by atoms with Crippen molar-refractivity contribution in [1.29, 1.82) is 0 Å². The van der Waals surface area contributed by atoms with E-state index in [1.54, 1.807) is 6.07 Å². The maximum Gasteiger partial charge on any atom is 0.124 e. The molecule has 0 radical (unpaired) electrons. The summed E-state index contributed by atoms with van der Waals surface area (Å²) in [5.41, 5.74) is 2.81. The van der Waals surface area contributed by atoms with Crippen molar-refractivity contribution in [2.45, 2.75) is 6.92 Å². The third-order valence-corrected chi connectivity index (χ3v) is 4.24. The van der Waals surface area contributed by atoms with Gasteiger partial charge in [0.2, 0.25) is 0 Å². The molecule has 4 heteroatoms. The van der Waals surface area contributed by atoms with E-state index in [9.17, 15) is 4.39 Å². The second-order valence-electron chi connectivity index (χ2n) is 4.10.